The molecule has 1 aromatic rings. The van der Waals surface area contributed by atoms with Crippen molar-refractivity contribution in [2.75, 3.05) is 20.1 Å². The molecule has 0 aliphatic carbocycles. The van der Waals surface area contributed by atoms with Gasteiger partial charge in [-0.05, 0) is 12.1 Å². The molecule has 126 valence electrons. The van der Waals surface area contributed by atoms with Crippen molar-refractivity contribution in [2.24, 2.45) is 5.92 Å². The van der Waals surface area contributed by atoms with Gasteiger partial charge < -0.3 is 10.6 Å². The van der Waals surface area contributed by atoms with Crippen molar-refractivity contribution in [1.82, 2.24) is 14.9 Å². The summed E-state index contributed by atoms with van der Waals surface area (Å²) in [5.74, 6) is -1.29. The van der Waals surface area contributed by atoms with Gasteiger partial charge in [-0.25, -0.2) is 8.42 Å². The van der Waals surface area contributed by atoms with Gasteiger partial charge in [0.25, 0.3) is 0 Å². The molecule has 23 heavy (non-hydrogen) atoms. The third-order valence-corrected chi connectivity index (χ3v) is 6.04. The molecular formula is C14H18ClN3O4S. The lowest BCUT2D eigenvalue weighted by molar-refractivity contribution is -0.125. The van der Waals surface area contributed by atoms with E-state index in [2.05, 4.69) is 10.6 Å². The summed E-state index contributed by atoms with van der Waals surface area (Å²) in [5.41, 5.74) is 0. The number of hydrogen-bond acceptors (Lipinski definition) is 4. The van der Waals surface area contributed by atoms with E-state index in [-0.39, 0.29) is 34.8 Å². The molecule has 1 heterocycles. The summed E-state index contributed by atoms with van der Waals surface area (Å²) in [6.45, 7) is 1.33. The molecule has 0 unspecified atom stereocenters. The van der Waals surface area contributed by atoms with Gasteiger partial charge in [0.2, 0.25) is 21.8 Å². The predicted molar refractivity (Wildman–Crippen MR) is 85.4 cm³/mol. The highest BCUT2D eigenvalue weighted by molar-refractivity contribution is 7.89. The van der Waals surface area contributed by atoms with Gasteiger partial charge in [0.05, 0.1) is 17.0 Å². The van der Waals surface area contributed by atoms with Gasteiger partial charge in [-0.3, -0.25) is 9.59 Å². The van der Waals surface area contributed by atoms with E-state index in [1.165, 1.54) is 30.4 Å². The Labute approximate surface area is 140 Å². The number of hydrogen-bond donors (Lipinski definition) is 2. The minimum atomic E-state index is -3.84. The second-order valence-electron chi connectivity index (χ2n) is 5.28. The number of amides is 2. The van der Waals surface area contributed by atoms with E-state index < -0.39 is 22.0 Å². The number of carbonyl (C=O) groups is 2. The fourth-order valence-electron chi connectivity index (χ4n) is 2.62. The fourth-order valence-corrected chi connectivity index (χ4v) is 4.60. The summed E-state index contributed by atoms with van der Waals surface area (Å²) in [6.07, 6.45) is 0. The standard InChI is InChI=1S/C14H18ClN3O4S/c1-9(19)17-12-8-18(7-10(12)14(20)16-2)23(21,22)13-6-4-3-5-11(13)15/h3-6,10,12H,7-8H2,1-2H3,(H,16,20)(H,17,19)/t10-,12-/m0/s1. The molecule has 7 nitrogen and oxygen atoms in total. The van der Waals surface area contributed by atoms with Gasteiger partial charge in [0, 0.05) is 27.1 Å². The van der Waals surface area contributed by atoms with Crippen LogP contribution in [0.2, 0.25) is 5.02 Å². The van der Waals surface area contributed by atoms with Crippen LogP contribution in [0.15, 0.2) is 29.2 Å². The van der Waals surface area contributed by atoms with Crippen LogP contribution in [-0.4, -0.2) is 50.7 Å². The van der Waals surface area contributed by atoms with E-state index in [1.54, 1.807) is 12.1 Å². The molecule has 2 N–H and O–H groups in total. The average Bonchev–Trinajstić information content (AvgIpc) is 2.90. The Morgan fingerprint density at radius 1 is 1.26 bits per heavy atom. The monoisotopic (exact) mass is 359 g/mol. The smallest absolute Gasteiger partial charge is 0.244 e. The summed E-state index contributed by atoms with van der Waals surface area (Å²) in [5, 5.41) is 5.25. The van der Waals surface area contributed by atoms with E-state index in [0.29, 0.717) is 0 Å². The second kappa shape index (κ2) is 6.86. The Kier molecular flexibility index (Phi) is 5.28. The molecule has 1 fully saturated rings. The molecule has 1 aliphatic rings. The lowest BCUT2D eigenvalue weighted by Crippen LogP contribution is -2.44. The van der Waals surface area contributed by atoms with Gasteiger partial charge in [-0.15, -0.1) is 0 Å². The Balaban J connectivity index is 2.32. The number of rotatable bonds is 4. The van der Waals surface area contributed by atoms with E-state index >= 15 is 0 Å². The van der Waals surface area contributed by atoms with Crippen molar-refractivity contribution in [2.45, 2.75) is 17.9 Å². The van der Waals surface area contributed by atoms with Crippen LogP contribution in [0.25, 0.3) is 0 Å². The van der Waals surface area contributed by atoms with E-state index in [0.717, 1.165) is 0 Å². The number of nitrogens with zero attached hydrogens (tertiary/aromatic N) is 1. The zero-order valence-electron chi connectivity index (χ0n) is 12.7. The number of sulfonamides is 1. The zero-order valence-corrected chi connectivity index (χ0v) is 14.3. The van der Waals surface area contributed by atoms with Crippen molar-refractivity contribution in [3.8, 4) is 0 Å². The Morgan fingerprint density at radius 3 is 2.48 bits per heavy atom. The maximum atomic E-state index is 12.7. The molecule has 0 bridgehead atoms. The van der Waals surface area contributed by atoms with Gasteiger partial charge >= 0.3 is 0 Å². The van der Waals surface area contributed by atoms with Crippen molar-refractivity contribution < 1.29 is 18.0 Å². The molecule has 0 aromatic heterocycles. The molecule has 9 heteroatoms. The lowest BCUT2D eigenvalue weighted by atomic mass is 10.0. The maximum absolute atomic E-state index is 12.7. The Morgan fingerprint density at radius 2 is 1.91 bits per heavy atom. The van der Waals surface area contributed by atoms with Crippen molar-refractivity contribution in [1.29, 1.82) is 0 Å². The summed E-state index contributed by atoms with van der Waals surface area (Å²) < 4.78 is 26.7. The fraction of sp³-hybridized carbons (Fsp3) is 0.429. The highest BCUT2D eigenvalue weighted by Gasteiger charge is 2.43. The van der Waals surface area contributed by atoms with Crippen LogP contribution >= 0.6 is 11.6 Å². The quantitative estimate of drug-likeness (QED) is 0.803. The van der Waals surface area contributed by atoms with Crippen LogP contribution in [0.1, 0.15) is 6.92 Å². The molecule has 2 rings (SSSR count). The summed E-state index contributed by atoms with van der Waals surface area (Å²) in [4.78, 5) is 23.3. The minimum Gasteiger partial charge on any atom is -0.359 e. The van der Waals surface area contributed by atoms with Crippen LogP contribution in [0, 0.1) is 5.92 Å². The Hall–Kier alpha value is -1.64. The first-order chi connectivity index (χ1) is 10.8. The first kappa shape index (κ1) is 17.7. The minimum absolute atomic E-state index is 0.0131. The van der Waals surface area contributed by atoms with Gasteiger partial charge in [0.1, 0.15) is 4.90 Å². The molecule has 0 saturated carbocycles. The lowest BCUT2D eigenvalue weighted by Gasteiger charge is -2.17. The normalized spacial score (nSPS) is 21.9. The molecule has 0 radical (unpaired) electrons. The summed E-state index contributed by atoms with van der Waals surface area (Å²) in [7, 11) is -2.37. The first-order valence-corrected chi connectivity index (χ1v) is 8.82. The van der Waals surface area contributed by atoms with Crippen molar-refractivity contribution in [3.63, 3.8) is 0 Å². The molecule has 2 amide bonds. The van der Waals surface area contributed by atoms with Gasteiger partial charge in [0.15, 0.2) is 0 Å². The van der Waals surface area contributed by atoms with Crippen molar-refractivity contribution in [3.05, 3.63) is 29.3 Å². The highest BCUT2D eigenvalue weighted by Crippen LogP contribution is 2.29. The van der Waals surface area contributed by atoms with Crippen LogP contribution in [0.5, 0.6) is 0 Å². The molecule has 1 aromatic carbocycles. The van der Waals surface area contributed by atoms with Gasteiger partial charge in [-0.2, -0.15) is 4.31 Å². The second-order valence-corrected chi connectivity index (χ2v) is 7.59. The van der Waals surface area contributed by atoms with Crippen LogP contribution in [0.3, 0.4) is 0 Å². The molecule has 2 atom stereocenters. The van der Waals surface area contributed by atoms with Crippen LogP contribution in [-0.2, 0) is 19.6 Å². The topological polar surface area (TPSA) is 95.6 Å². The highest BCUT2D eigenvalue weighted by atomic mass is 35.5. The first-order valence-electron chi connectivity index (χ1n) is 7.00. The van der Waals surface area contributed by atoms with Gasteiger partial charge in [-0.1, -0.05) is 23.7 Å². The summed E-state index contributed by atoms with van der Waals surface area (Å²) >= 11 is 5.98. The van der Waals surface area contributed by atoms with E-state index in [1.807, 2.05) is 0 Å². The number of halogens is 1. The van der Waals surface area contributed by atoms with Crippen LogP contribution < -0.4 is 10.6 Å². The maximum Gasteiger partial charge on any atom is 0.244 e. The van der Waals surface area contributed by atoms with Crippen molar-refractivity contribution >= 4 is 33.4 Å². The Bertz CT molecular complexity index is 722. The number of carbonyl (C=O) groups excluding carboxylic acids is 2. The van der Waals surface area contributed by atoms with E-state index in [4.69, 9.17) is 11.6 Å². The molecular weight excluding hydrogens is 342 g/mol. The predicted octanol–water partition coefficient (Wildman–Crippen LogP) is 0.211. The number of nitrogens with one attached hydrogen (secondary N) is 2. The third kappa shape index (κ3) is 3.65. The number of benzene rings is 1. The summed E-state index contributed by atoms with van der Waals surface area (Å²) in [6, 6.07) is 5.55. The molecule has 0 spiro atoms. The largest absolute Gasteiger partial charge is 0.359 e. The van der Waals surface area contributed by atoms with Crippen LogP contribution in [0.4, 0.5) is 0 Å². The van der Waals surface area contributed by atoms with E-state index in [9.17, 15) is 18.0 Å². The molecule has 1 aliphatic heterocycles. The third-order valence-electron chi connectivity index (χ3n) is 3.71. The zero-order chi connectivity index (χ0) is 17.2. The SMILES string of the molecule is CNC(=O)[C@H]1CN(S(=O)(=O)c2ccccc2Cl)C[C@@H]1NC(C)=O. The average molecular weight is 360 g/mol. The molecule has 1 saturated heterocycles.